The second-order valence-electron chi connectivity index (χ2n) is 6.89. The van der Waals surface area contributed by atoms with Gasteiger partial charge in [-0.2, -0.15) is 4.98 Å². The van der Waals surface area contributed by atoms with Crippen molar-refractivity contribution >= 4 is 18.3 Å². The molecule has 3 heterocycles. The Bertz CT molecular complexity index is 540. The maximum absolute atomic E-state index is 12.7. The summed E-state index contributed by atoms with van der Waals surface area (Å²) in [6.07, 6.45) is 7.71. The first-order valence-electron chi connectivity index (χ1n) is 8.67. The van der Waals surface area contributed by atoms with Crippen molar-refractivity contribution in [3.8, 4) is 0 Å². The van der Waals surface area contributed by atoms with Crippen LogP contribution in [0.2, 0.25) is 0 Å². The Hall–Kier alpha value is -1.14. The number of hydrogen-bond donors (Lipinski definition) is 1. The van der Waals surface area contributed by atoms with Gasteiger partial charge in [0.2, 0.25) is 11.8 Å². The third kappa shape index (κ3) is 3.69. The molecule has 1 saturated carbocycles. The molecule has 1 aromatic rings. The van der Waals surface area contributed by atoms with Crippen molar-refractivity contribution in [3.63, 3.8) is 0 Å². The number of nitrogens with one attached hydrogen (secondary N) is 1. The molecule has 23 heavy (non-hydrogen) atoms. The second kappa shape index (κ2) is 7.18. The molecular formula is C16H25ClN4O2. The molecule has 1 amide bonds. The van der Waals surface area contributed by atoms with Gasteiger partial charge in [-0.05, 0) is 45.1 Å². The summed E-state index contributed by atoms with van der Waals surface area (Å²) in [5.41, 5.74) is 0. The zero-order valence-electron chi connectivity index (χ0n) is 13.4. The van der Waals surface area contributed by atoms with Crippen LogP contribution >= 0.6 is 12.4 Å². The van der Waals surface area contributed by atoms with Gasteiger partial charge >= 0.3 is 0 Å². The maximum atomic E-state index is 12.7. The third-order valence-electron chi connectivity index (χ3n) is 5.09. The topological polar surface area (TPSA) is 71.3 Å². The van der Waals surface area contributed by atoms with Crippen LogP contribution in [-0.4, -0.2) is 46.6 Å². The number of nitrogens with zero attached hydrogens (tertiary/aromatic N) is 3. The summed E-state index contributed by atoms with van der Waals surface area (Å²) in [5.74, 6) is 2.59. The Morgan fingerprint density at radius 1 is 1.13 bits per heavy atom. The number of rotatable bonds is 3. The highest BCUT2D eigenvalue weighted by Crippen LogP contribution is 2.39. The molecule has 0 bridgehead atoms. The Morgan fingerprint density at radius 2 is 2.00 bits per heavy atom. The summed E-state index contributed by atoms with van der Waals surface area (Å²) in [5, 5.41) is 7.52. The lowest BCUT2D eigenvalue weighted by atomic mass is 9.95. The highest BCUT2D eigenvalue weighted by molar-refractivity contribution is 5.85. The lowest BCUT2D eigenvalue weighted by Crippen LogP contribution is -2.51. The van der Waals surface area contributed by atoms with Gasteiger partial charge in [0.05, 0.1) is 6.04 Å². The second-order valence-corrected chi connectivity index (χ2v) is 6.89. The van der Waals surface area contributed by atoms with E-state index in [0.717, 1.165) is 57.0 Å². The standard InChI is InChI=1S/C16H24N4O2.ClH/c21-16(13-5-1-2-8-17-13)20-9-3-4-12(10-20)14-18-15(22-19-14)11-6-7-11;/h11-13,17H,1-10H2;1H. The van der Waals surface area contributed by atoms with Gasteiger partial charge in [0.25, 0.3) is 0 Å². The van der Waals surface area contributed by atoms with E-state index in [1.807, 2.05) is 4.90 Å². The summed E-state index contributed by atoms with van der Waals surface area (Å²) < 4.78 is 5.38. The van der Waals surface area contributed by atoms with Crippen molar-refractivity contribution in [1.29, 1.82) is 0 Å². The predicted octanol–water partition coefficient (Wildman–Crippen LogP) is 2.22. The van der Waals surface area contributed by atoms with Crippen molar-refractivity contribution < 1.29 is 9.32 Å². The molecule has 2 atom stereocenters. The minimum absolute atomic E-state index is 0. The SMILES string of the molecule is Cl.O=C(C1CCCCN1)N1CCCC(c2noc(C3CC3)n2)C1. The zero-order chi connectivity index (χ0) is 14.9. The molecule has 2 saturated heterocycles. The summed E-state index contributed by atoms with van der Waals surface area (Å²) in [7, 11) is 0. The van der Waals surface area contributed by atoms with Gasteiger partial charge in [-0.3, -0.25) is 4.79 Å². The molecule has 7 heteroatoms. The Balaban J connectivity index is 0.00000156. The molecule has 0 aromatic carbocycles. The summed E-state index contributed by atoms with van der Waals surface area (Å²) in [4.78, 5) is 19.2. The van der Waals surface area contributed by atoms with Gasteiger partial charge in [-0.1, -0.05) is 11.6 Å². The van der Waals surface area contributed by atoms with E-state index in [9.17, 15) is 4.79 Å². The zero-order valence-corrected chi connectivity index (χ0v) is 14.2. The molecule has 3 fully saturated rings. The Kier molecular flexibility index (Phi) is 5.21. The van der Waals surface area contributed by atoms with Crippen LogP contribution in [-0.2, 0) is 4.79 Å². The number of carbonyl (C=O) groups is 1. The minimum atomic E-state index is 0. The van der Waals surface area contributed by atoms with Crippen LogP contribution in [0.3, 0.4) is 0 Å². The molecule has 1 N–H and O–H groups in total. The highest BCUT2D eigenvalue weighted by atomic mass is 35.5. The van der Waals surface area contributed by atoms with E-state index in [1.54, 1.807) is 0 Å². The van der Waals surface area contributed by atoms with Crippen molar-refractivity contribution in [2.75, 3.05) is 19.6 Å². The highest BCUT2D eigenvalue weighted by Gasteiger charge is 2.34. The molecule has 2 aliphatic heterocycles. The molecule has 4 rings (SSSR count). The maximum Gasteiger partial charge on any atom is 0.239 e. The predicted molar refractivity (Wildman–Crippen MR) is 87.7 cm³/mol. The molecule has 1 aliphatic carbocycles. The number of carbonyl (C=O) groups excluding carboxylic acids is 1. The Morgan fingerprint density at radius 3 is 2.74 bits per heavy atom. The molecule has 0 spiro atoms. The average Bonchev–Trinajstić information content (AvgIpc) is 3.32. The van der Waals surface area contributed by atoms with E-state index in [4.69, 9.17) is 4.52 Å². The first-order chi connectivity index (χ1) is 10.8. The Labute approximate surface area is 142 Å². The van der Waals surface area contributed by atoms with Crippen LogP contribution in [0.1, 0.15) is 68.5 Å². The van der Waals surface area contributed by atoms with E-state index in [2.05, 4.69) is 15.5 Å². The van der Waals surface area contributed by atoms with E-state index >= 15 is 0 Å². The number of aromatic nitrogens is 2. The fraction of sp³-hybridized carbons (Fsp3) is 0.812. The number of likely N-dealkylation sites (tertiary alicyclic amines) is 1. The monoisotopic (exact) mass is 340 g/mol. The third-order valence-corrected chi connectivity index (χ3v) is 5.09. The van der Waals surface area contributed by atoms with Crippen molar-refractivity contribution in [2.24, 2.45) is 0 Å². The molecule has 6 nitrogen and oxygen atoms in total. The van der Waals surface area contributed by atoms with Crippen LogP contribution in [0, 0.1) is 0 Å². The minimum Gasteiger partial charge on any atom is -0.341 e. The number of piperidine rings is 2. The van der Waals surface area contributed by atoms with Crippen LogP contribution in [0.15, 0.2) is 4.52 Å². The van der Waals surface area contributed by atoms with E-state index in [0.29, 0.717) is 5.92 Å². The van der Waals surface area contributed by atoms with Crippen LogP contribution < -0.4 is 5.32 Å². The smallest absolute Gasteiger partial charge is 0.239 e. The van der Waals surface area contributed by atoms with Crippen molar-refractivity contribution in [3.05, 3.63) is 11.7 Å². The number of halogens is 1. The van der Waals surface area contributed by atoms with E-state index in [1.165, 1.54) is 19.3 Å². The average molecular weight is 341 g/mol. The normalized spacial score (nSPS) is 28.3. The van der Waals surface area contributed by atoms with Gasteiger partial charge in [-0.15, -0.1) is 12.4 Å². The fourth-order valence-electron chi connectivity index (χ4n) is 3.58. The van der Waals surface area contributed by atoms with E-state index < -0.39 is 0 Å². The quantitative estimate of drug-likeness (QED) is 0.913. The number of amides is 1. The lowest BCUT2D eigenvalue weighted by molar-refractivity contribution is -0.135. The van der Waals surface area contributed by atoms with Crippen LogP contribution in [0.4, 0.5) is 0 Å². The molecule has 1 aromatic heterocycles. The van der Waals surface area contributed by atoms with Gasteiger partial charge in [-0.25, -0.2) is 0 Å². The lowest BCUT2D eigenvalue weighted by Gasteiger charge is -2.35. The van der Waals surface area contributed by atoms with Crippen molar-refractivity contribution in [1.82, 2.24) is 20.4 Å². The molecule has 3 aliphatic rings. The summed E-state index contributed by atoms with van der Waals surface area (Å²) in [6.45, 7) is 2.56. The fourth-order valence-corrected chi connectivity index (χ4v) is 3.58. The van der Waals surface area contributed by atoms with Crippen molar-refractivity contribution in [2.45, 2.75) is 62.8 Å². The number of hydrogen-bond acceptors (Lipinski definition) is 5. The molecule has 0 radical (unpaired) electrons. The molecular weight excluding hydrogens is 316 g/mol. The summed E-state index contributed by atoms with van der Waals surface area (Å²) >= 11 is 0. The first kappa shape index (κ1) is 16.7. The first-order valence-corrected chi connectivity index (χ1v) is 8.67. The summed E-state index contributed by atoms with van der Waals surface area (Å²) in [6, 6.07) is 0.0137. The van der Waals surface area contributed by atoms with Crippen LogP contribution in [0.5, 0.6) is 0 Å². The van der Waals surface area contributed by atoms with Crippen LogP contribution in [0.25, 0.3) is 0 Å². The van der Waals surface area contributed by atoms with Gasteiger partial charge in [0, 0.05) is 24.9 Å². The van der Waals surface area contributed by atoms with E-state index in [-0.39, 0.29) is 30.3 Å². The molecule has 128 valence electrons. The van der Waals surface area contributed by atoms with Gasteiger partial charge in [0.15, 0.2) is 5.82 Å². The van der Waals surface area contributed by atoms with Gasteiger partial charge < -0.3 is 14.7 Å². The largest absolute Gasteiger partial charge is 0.341 e. The molecule has 2 unspecified atom stereocenters. The van der Waals surface area contributed by atoms with Gasteiger partial charge in [0.1, 0.15) is 0 Å².